The van der Waals surface area contributed by atoms with Gasteiger partial charge in [-0.05, 0) is 12.0 Å². The van der Waals surface area contributed by atoms with Crippen LogP contribution in [0.4, 0.5) is 0 Å². The largest absolute Gasteiger partial charge is 0.541 e. The second-order valence-corrected chi connectivity index (χ2v) is 3.29. The van der Waals surface area contributed by atoms with Crippen LogP contribution < -0.4 is 0 Å². The Morgan fingerprint density at radius 3 is 2.92 bits per heavy atom. The molecule has 2 rings (SSSR count). The first kappa shape index (κ1) is 11.5. The van der Waals surface area contributed by atoms with Gasteiger partial charge in [0.15, 0.2) is 0 Å². The molecule has 0 aromatic heterocycles. The minimum atomic E-state index is -0.314. The monoisotopic (exact) mass is 408 g/mol. The van der Waals surface area contributed by atoms with Crippen molar-refractivity contribution in [3.05, 3.63) is 6.61 Å². The van der Waals surface area contributed by atoms with Crippen LogP contribution in [0.15, 0.2) is 5.16 Å². The third-order valence-electron chi connectivity index (χ3n) is 2.68. The van der Waals surface area contributed by atoms with E-state index in [4.69, 9.17) is 14.3 Å². The smallest absolute Gasteiger partial charge is 0.145 e. The second-order valence-electron chi connectivity index (χ2n) is 3.29. The molecule has 0 radical (unpaired) electrons. The molecule has 72 valence electrons. The van der Waals surface area contributed by atoms with Crippen LogP contribution in [-0.4, -0.2) is 31.6 Å². The molecule has 2 heterocycles. The first-order chi connectivity index (χ1) is 5.78. The fourth-order valence-electron chi connectivity index (χ4n) is 1.68. The van der Waals surface area contributed by atoms with E-state index in [9.17, 15) is 0 Å². The molecule has 2 fully saturated rings. The molecule has 2 aliphatic rings. The maximum absolute atomic E-state index is 5.49. The fraction of sp³-hybridized carbons (Fsp3) is 0.750. The Kier molecular flexibility index (Phi) is 3.82. The van der Waals surface area contributed by atoms with Crippen LogP contribution in [-0.2, 0) is 14.3 Å². The molecule has 2 aliphatic heterocycles. The van der Waals surface area contributed by atoms with Crippen LogP contribution in [0.3, 0.4) is 0 Å². The zero-order valence-electron chi connectivity index (χ0n) is 7.53. The summed E-state index contributed by atoms with van der Waals surface area (Å²) in [5.74, 6) is 0.347. The maximum Gasteiger partial charge on any atom is 0.145 e. The zero-order valence-corrected chi connectivity index (χ0v) is 11.7. The van der Waals surface area contributed by atoms with E-state index in [0.29, 0.717) is 19.1 Å². The van der Waals surface area contributed by atoms with E-state index >= 15 is 0 Å². The number of rotatable bonds is 3. The van der Waals surface area contributed by atoms with E-state index in [-0.39, 0.29) is 42.8 Å². The van der Waals surface area contributed by atoms with Gasteiger partial charge in [-0.15, -0.1) is 5.16 Å². The molecule has 13 heavy (non-hydrogen) atoms. The number of nitrogens with zero attached hydrogens (tertiary/aromatic N) is 1. The van der Waals surface area contributed by atoms with Crippen LogP contribution in [0.25, 0.3) is 0 Å². The minimum Gasteiger partial charge on any atom is -0.541 e. The van der Waals surface area contributed by atoms with E-state index in [1.54, 1.807) is 6.61 Å². The summed E-state index contributed by atoms with van der Waals surface area (Å²) in [6, 6.07) is 0. The molecule has 0 saturated carbocycles. The van der Waals surface area contributed by atoms with Crippen LogP contribution in [0.2, 0.25) is 0 Å². The third kappa shape index (κ3) is 1.80. The van der Waals surface area contributed by atoms with Crippen LogP contribution in [0, 0.1) is 43.6 Å². The van der Waals surface area contributed by atoms with Crippen LogP contribution in [0.1, 0.15) is 6.92 Å². The van der Waals surface area contributed by atoms with Gasteiger partial charge in [0.05, 0.1) is 12.2 Å². The average molecular weight is 408 g/mol. The molecule has 0 unspecified atom stereocenters. The summed E-state index contributed by atoms with van der Waals surface area (Å²) in [6.07, 6.45) is 0.124. The Morgan fingerprint density at radius 2 is 2.54 bits per heavy atom. The minimum absolute atomic E-state index is 0. The molecular weight excluding hydrogens is 396 g/mol. The molecular formula is C8H12NO3U-. The molecule has 0 spiro atoms. The SMILES string of the molecule is C=NOC[C@@]12CO[C@@H]([CH-]O1)[C@@H]2C.[U]. The predicted molar refractivity (Wildman–Crippen MR) is 42.5 cm³/mol. The Morgan fingerprint density at radius 1 is 1.77 bits per heavy atom. The summed E-state index contributed by atoms with van der Waals surface area (Å²) in [5.41, 5.74) is -0.314. The molecule has 5 heteroatoms. The van der Waals surface area contributed by atoms with Gasteiger partial charge in [-0.2, -0.15) is 6.61 Å². The van der Waals surface area contributed by atoms with Crippen molar-refractivity contribution >= 4 is 6.72 Å². The molecule has 0 amide bonds. The summed E-state index contributed by atoms with van der Waals surface area (Å²) in [7, 11) is 0. The molecule has 0 aromatic rings. The summed E-state index contributed by atoms with van der Waals surface area (Å²) in [4.78, 5) is 4.90. The van der Waals surface area contributed by atoms with Gasteiger partial charge in [-0.25, -0.2) is 0 Å². The topological polar surface area (TPSA) is 40.0 Å². The number of ether oxygens (including phenoxy) is 2. The molecule has 3 atom stereocenters. The molecule has 0 aliphatic carbocycles. The molecule has 4 nitrogen and oxygen atoms in total. The summed E-state index contributed by atoms with van der Waals surface area (Å²) < 4.78 is 10.9. The fourth-order valence-corrected chi connectivity index (χ4v) is 1.68. The summed E-state index contributed by atoms with van der Waals surface area (Å²) in [6.45, 7) is 8.08. The van der Waals surface area contributed by atoms with Gasteiger partial charge >= 0.3 is 0 Å². The van der Waals surface area contributed by atoms with Crippen molar-refractivity contribution in [1.82, 2.24) is 0 Å². The molecule has 2 saturated heterocycles. The summed E-state index contributed by atoms with van der Waals surface area (Å²) in [5, 5.41) is 3.35. The van der Waals surface area contributed by atoms with Gasteiger partial charge in [-0.1, -0.05) is 6.92 Å². The van der Waals surface area contributed by atoms with Crippen molar-refractivity contribution < 1.29 is 45.4 Å². The Labute approximate surface area is 101 Å². The average Bonchev–Trinajstić information content (AvgIpc) is 2.57. The quantitative estimate of drug-likeness (QED) is 0.390. The van der Waals surface area contributed by atoms with Gasteiger partial charge in [-0.3, -0.25) is 0 Å². The normalized spacial score (nSPS) is 41.3. The van der Waals surface area contributed by atoms with Crippen molar-refractivity contribution in [1.29, 1.82) is 0 Å². The number of oxime groups is 1. The van der Waals surface area contributed by atoms with Crippen molar-refractivity contribution in [2.45, 2.75) is 18.6 Å². The maximum atomic E-state index is 5.49. The van der Waals surface area contributed by atoms with E-state index in [2.05, 4.69) is 18.8 Å². The predicted octanol–water partition coefficient (Wildman–Crippen LogP) is 0.584. The van der Waals surface area contributed by atoms with Gasteiger partial charge < -0.3 is 14.3 Å². The molecule has 2 bridgehead atoms. The van der Waals surface area contributed by atoms with Gasteiger partial charge in [0.2, 0.25) is 0 Å². The number of hydrogen-bond acceptors (Lipinski definition) is 4. The van der Waals surface area contributed by atoms with Crippen LogP contribution in [0.5, 0.6) is 0 Å². The van der Waals surface area contributed by atoms with Crippen molar-refractivity contribution in [2.24, 2.45) is 11.1 Å². The summed E-state index contributed by atoms with van der Waals surface area (Å²) >= 11 is 0. The number of fused-ring (bicyclic) bond motifs is 2. The van der Waals surface area contributed by atoms with E-state index in [1.165, 1.54) is 0 Å². The van der Waals surface area contributed by atoms with E-state index < -0.39 is 0 Å². The van der Waals surface area contributed by atoms with E-state index in [1.807, 2.05) is 0 Å². The van der Waals surface area contributed by atoms with E-state index in [0.717, 1.165) is 0 Å². The Balaban J connectivity index is 0.000000845. The zero-order chi connectivity index (χ0) is 8.60. The number of hydrogen-bond donors (Lipinski definition) is 0. The van der Waals surface area contributed by atoms with Gasteiger partial charge in [0.1, 0.15) is 6.61 Å². The first-order valence-electron chi connectivity index (χ1n) is 3.99. The van der Waals surface area contributed by atoms with Gasteiger partial charge in [0.25, 0.3) is 0 Å². The third-order valence-corrected chi connectivity index (χ3v) is 2.68. The van der Waals surface area contributed by atoms with Gasteiger partial charge in [0, 0.05) is 37.8 Å². The van der Waals surface area contributed by atoms with Crippen molar-refractivity contribution in [2.75, 3.05) is 13.2 Å². The Bertz CT molecular complexity index is 192. The standard InChI is InChI=1S/C8H12NO3.U/c1-6-7-3-11-8(6,4-10-7)5-12-9-2;/h3,6-7H,2,4-5H2,1H3;/q-1;/t6-,7-,8+;/m0./s1. The van der Waals surface area contributed by atoms with Crippen LogP contribution >= 0.6 is 0 Å². The second kappa shape index (κ2) is 4.31. The Hall–Kier alpha value is 0.442. The molecule has 0 aromatic carbocycles. The molecule has 0 N–H and O–H groups in total. The first-order valence-corrected chi connectivity index (χ1v) is 3.99. The van der Waals surface area contributed by atoms with Crippen molar-refractivity contribution in [3.63, 3.8) is 0 Å². The van der Waals surface area contributed by atoms with Crippen molar-refractivity contribution in [3.8, 4) is 0 Å².